The van der Waals surface area contributed by atoms with Crippen LogP contribution in [-0.2, 0) is 22.7 Å². The van der Waals surface area contributed by atoms with E-state index >= 15 is 0 Å². The van der Waals surface area contributed by atoms with Gasteiger partial charge in [-0.3, -0.25) is 9.59 Å². The summed E-state index contributed by atoms with van der Waals surface area (Å²) in [6.45, 7) is 3.99. The number of benzene rings is 2. The van der Waals surface area contributed by atoms with Crippen LogP contribution in [0, 0.1) is 11.7 Å². The predicted molar refractivity (Wildman–Crippen MR) is 112 cm³/mol. The van der Waals surface area contributed by atoms with E-state index in [1.165, 1.54) is 12.1 Å². The summed E-state index contributed by atoms with van der Waals surface area (Å²) in [5, 5.41) is 2.87. The van der Waals surface area contributed by atoms with Gasteiger partial charge >= 0.3 is 0 Å². The fraction of sp³-hybridized carbons (Fsp3) is 0.250. The first-order chi connectivity index (χ1) is 14.5. The second kappa shape index (κ2) is 9.87. The Kier molecular flexibility index (Phi) is 7.01. The fourth-order valence-electron chi connectivity index (χ4n) is 3.21. The minimum atomic E-state index is -0.832. The first-order valence-electron chi connectivity index (χ1n) is 9.85. The first-order valence-corrected chi connectivity index (χ1v) is 9.85. The lowest BCUT2D eigenvalue weighted by Gasteiger charge is -2.32. The van der Waals surface area contributed by atoms with Crippen molar-refractivity contribution in [1.82, 2.24) is 10.2 Å². The molecule has 30 heavy (non-hydrogen) atoms. The lowest BCUT2D eigenvalue weighted by Crippen LogP contribution is -2.44. The van der Waals surface area contributed by atoms with Crippen molar-refractivity contribution < 1.29 is 18.4 Å². The summed E-state index contributed by atoms with van der Waals surface area (Å²) in [7, 11) is 0. The molecule has 0 spiro atoms. The summed E-state index contributed by atoms with van der Waals surface area (Å²) >= 11 is 0. The summed E-state index contributed by atoms with van der Waals surface area (Å²) < 4.78 is 18.6. The van der Waals surface area contributed by atoms with Crippen molar-refractivity contribution in [2.24, 2.45) is 5.92 Å². The average Bonchev–Trinajstić information content (AvgIpc) is 3.27. The third kappa shape index (κ3) is 5.35. The molecule has 0 bridgehead atoms. The smallest absolute Gasteiger partial charge is 0.247 e. The van der Waals surface area contributed by atoms with Gasteiger partial charge < -0.3 is 14.6 Å². The van der Waals surface area contributed by atoms with Gasteiger partial charge in [0, 0.05) is 12.5 Å². The van der Waals surface area contributed by atoms with E-state index in [0.717, 1.165) is 5.56 Å². The highest BCUT2D eigenvalue weighted by molar-refractivity contribution is 5.89. The van der Waals surface area contributed by atoms with E-state index < -0.39 is 6.04 Å². The Morgan fingerprint density at radius 2 is 1.70 bits per heavy atom. The normalized spacial score (nSPS) is 11.9. The predicted octanol–water partition coefficient (Wildman–Crippen LogP) is 4.46. The Hall–Kier alpha value is -3.41. The fourth-order valence-corrected chi connectivity index (χ4v) is 3.21. The number of rotatable bonds is 8. The molecule has 0 saturated carbocycles. The molecular formula is C24H25FN2O3. The molecule has 156 valence electrons. The van der Waals surface area contributed by atoms with E-state index in [1.807, 2.05) is 30.3 Å². The van der Waals surface area contributed by atoms with Crippen LogP contribution in [0.15, 0.2) is 77.4 Å². The van der Waals surface area contributed by atoms with Gasteiger partial charge in [-0.2, -0.15) is 0 Å². The maximum absolute atomic E-state index is 13.3. The topological polar surface area (TPSA) is 62.6 Å². The van der Waals surface area contributed by atoms with Crippen molar-refractivity contribution >= 4 is 11.8 Å². The zero-order valence-electron chi connectivity index (χ0n) is 17.0. The molecule has 0 aliphatic carbocycles. The molecule has 1 N–H and O–H groups in total. The number of carbonyl (C=O) groups is 2. The maximum Gasteiger partial charge on any atom is 0.247 e. The Bertz CT molecular complexity index is 954. The van der Waals surface area contributed by atoms with Gasteiger partial charge in [-0.1, -0.05) is 56.3 Å². The van der Waals surface area contributed by atoms with E-state index in [1.54, 1.807) is 49.3 Å². The highest BCUT2D eigenvalue weighted by Gasteiger charge is 2.32. The largest absolute Gasteiger partial charge is 0.467 e. The molecule has 0 fully saturated rings. The maximum atomic E-state index is 13.3. The quantitative estimate of drug-likeness (QED) is 0.599. The van der Waals surface area contributed by atoms with Gasteiger partial charge in [0.05, 0.1) is 12.8 Å². The minimum absolute atomic E-state index is 0.165. The highest BCUT2D eigenvalue weighted by Crippen LogP contribution is 2.26. The second-order valence-electron chi connectivity index (χ2n) is 7.36. The Morgan fingerprint density at radius 3 is 2.30 bits per heavy atom. The van der Waals surface area contributed by atoms with E-state index in [0.29, 0.717) is 11.3 Å². The Balaban J connectivity index is 1.93. The summed E-state index contributed by atoms with van der Waals surface area (Å²) in [6.07, 6.45) is 1.54. The van der Waals surface area contributed by atoms with Crippen molar-refractivity contribution in [3.05, 3.63) is 95.7 Å². The summed E-state index contributed by atoms with van der Waals surface area (Å²) in [6, 6.07) is 17.8. The van der Waals surface area contributed by atoms with E-state index in [4.69, 9.17) is 4.42 Å². The molecule has 3 rings (SSSR count). The Labute approximate surface area is 175 Å². The number of furan rings is 1. The lowest BCUT2D eigenvalue weighted by atomic mass is 10.0. The molecular weight excluding hydrogens is 383 g/mol. The molecule has 2 aromatic carbocycles. The average molecular weight is 408 g/mol. The van der Waals surface area contributed by atoms with Crippen LogP contribution in [-0.4, -0.2) is 16.7 Å². The molecule has 0 aliphatic rings. The molecule has 1 unspecified atom stereocenters. The Morgan fingerprint density at radius 1 is 1.00 bits per heavy atom. The van der Waals surface area contributed by atoms with Gasteiger partial charge in [-0.25, -0.2) is 4.39 Å². The molecule has 2 amide bonds. The van der Waals surface area contributed by atoms with E-state index in [-0.39, 0.29) is 36.6 Å². The number of nitrogens with zero attached hydrogens (tertiary/aromatic N) is 1. The molecule has 6 heteroatoms. The van der Waals surface area contributed by atoms with Gasteiger partial charge in [0.2, 0.25) is 11.8 Å². The van der Waals surface area contributed by atoms with Crippen LogP contribution in [0.3, 0.4) is 0 Å². The van der Waals surface area contributed by atoms with Crippen LogP contribution in [0.4, 0.5) is 4.39 Å². The molecule has 1 atom stereocenters. The zero-order chi connectivity index (χ0) is 21.5. The molecule has 3 aromatic rings. The van der Waals surface area contributed by atoms with Gasteiger partial charge in [-0.05, 0) is 35.4 Å². The third-order valence-corrected chi connectivity index (χ3v) is 4.74. The first kappa shape index (κ1) is 21.3. The van der Waals surface area contributed by atoms with E-state index in [9.17, 15) is 14.0 Å². The van der Waals surface area contributed by atoms with Crippen molar-refractivity contribution in [2.75, 3.05) is 0 Å². The third-order valence-electron chi connectivity index (χ3n) is 4.74. The van der Waals surface area contributed by atoms with Crippen molar-refractivity contribution in [3.8, 4) is 0 Å². The van der Waals surface area contributed by atoms with Crippen LogP contribution in [0.1, 0.15) is 36.8 Å². The summed E-state index contributed by atoms with van der Waals surface area (Å²) in [5.74, 6) is -0.517. The highest BCUT2D eigenvalue weighted by atomic mass is 19.1. The summed E-state index contributed by atoms with van der Waals surface area (Å²) in [5.41, 5.74) is 1.44. The number of hydrogen-bond acceptors (Lipinski definition) is 3. The van der Waals surface area contributed by atoms with Gasteiger partial charge in [0.25, 0.3) is 0 Å². The number of carbonyl (C=O) groups excluding carboxylic acids is 2. The van der Waals surface area contributed by atoms with Crippen molar-refractivity contribution in [2.45, 2.75) is 33.0 Å². The standard InChI is InChI=1S/C24H25FN2O3/c1-17(2)24(29)27(16-18-10-12-20(25)13-11-18)22(19-7-4-3-5-8-19)23(28)26-15-21-9-6-14-30-21/h3-14,17,22H,15-16H2,1-2H3,(H,26,28). The monoisotopic (exact) mass is 408 g/mol. The summed E-state index contributed by atoms with van der Waals surface area (Å²) in [4.78, 5) is 27.9. The number of amides is 2. The van der Waals surface area contributed by atoms with Gasteiger partial charge in [-0.15, -0.1) is 0 Å². The van der Waals surface area contributed by atoms with Crippen LogP contribution >= 0.6 is 0 Å². The van der Waals surface area contributed by atoms with E-state index in [2.05, 4.69) is 5.32 Å². The van der Waals surface area contributed by atoms with Crippen LogP contribution < -0.4 is 5.32 Å². The number of nitrogens with one attached hydrogen (secondary N) is 1. The zero-order valence-corrected chi connectivity index (χ0v) is 17.0. The second-order valence-corrected chi connectivity index (χ2v) is 7.36. The molecule has 0 aliphatic heterocycles. The lowest BCUT2D eigenvalue weighted by molar-refractivity contribution is -0.144. The molecule has 0 radical (unpaired) electrons. The van der Waals surface area contributed by atoms with Gasteiger partial charge in [0.15, 0.2) is 0 Å². The molecule has 0 saturated heterocycles. The SMILES string of the molecule is CC(C)C(=O)N(Cc1ccc(F)cc1)C(C(=O)NCc1ccco1)c1ccccc1. The van der Waals surface area contributed by atoms with Gasteiger partial charge in [0.1, 0.15) is 17.6 Å². The van der Waals surface area contributed by atoms with Crippen molar-refractivity contribution in [3.63, 3.8) is 0 Å². The molecule has 5 nitrogen and oxygen atoms in total. The number of halogens is 1. The minimum Gasteiger partial charge on any atom is -0.467 e. The van der Waals surface area contributed by atoms with Crippen LogP contribution in [0.25, 0.3) is 0 Å². The number of hydrogen-bond donors (Lipinski definition) is 1. The molecule has 1 aromatic heterocycles. The van der Waals surface area contributed by atoms with Crippen molar-refractivity contribution in [1.29, 1.82) is 0 Å². The van der Waals surface area contributed by atoms with Crippen LogP contribution in [0.5, 0.6) is 0 Å². The van der Waals surface area contributed by atoms with Crippen LogP contribution in [0.2, 0.25) is 0 Å². The molecule has 1 heterocycles.